The fourth-order valence-electron chi connectivity index (χ4n) is 3.06. The molecular weight excluding hydrogens is 374 g/mol. The lowest BCUT2D eigenvalue weighted by Crippen LogP contribution is -2.27. The third kappa shape index (κ3) is 3.40. The summed E-state index contributed by atoms with van der Waals surface area (Å²) in [4.78, 5) is 25.2. The van der Waals surface area contributed by atoms with Crippen LogP contribution in [0, 0.1) is 6.92 Å². The monoisotopic (exact) mass is 389 g/mol. The second kappa shape index (κ2) is 7.29. The van der Waals surface area contributed by atoms with E-state index in [4.69, 9.17) is 11.6 Å². The van der Waals surface area contributed by atoms with Crippen molar-refractivity contribution in [2.24, 2.45) is 0 Å². The zero-order chi connectivity index (χ0) is 19.7. The maximum Gasteiger partial charge on any atom is 0.280 e. The molecule has 0 radical (unpaired) electrons. The summed E-state index contributed by atoms with van der Waals surface area (Å²) in [5.74, 6) is -0.552. The SMILES string of the molecule is Cc1cc(=O)c(C(=O)Nc2cccc3ccccc23)nn1-c1ccc(Cl)cc1. The van der Waals surface area contributed by atoms with Crippen molar-refractivity contribution < 1.29 is 4.79 Å². The number of hydrogen-bond acceptors (Lipinski definition) is 3. The van der Waals surface area contributed by atoms with Crippen LogP contribution in [-0.2, 0) is 0 Å². The van der Waals surface area contributed by atoms with Gasteiger partial charge in [-0.25, -0.2) is 4.68 Å². The minimum Gasteiger partial charge on any atom is -0.320 e. The Hall–Kier alpha value is -3.44. The molecule has 0 fully saturated rings. The van der Waals surface area contributed by atoms with Gasteiger partial charge >= 0.3 is 0 Å². The molecule has 4 aromatic rings. The fourth-order valence-corrected chi connectivity index (χ4v) is 3.19. The van der Waals surface area contributed by atoms with Crippen LogP contribution in [0.15, 0.2) is 77.6 Å². The Balaban J connectivity index is 1.74. The van der Waals surface area contributed by atoms with E-state index in [2.05, 4.69) is 10.4 Å². The Labute approximate surface area is 166 Å². The number of aromatic nitrogens is 2. The van der Waals surface area contributed by atoms with Crippen LogP contribution in [0.4, 0.5) is 5.69 Å². The zero-order valence-electron chi connectivity index (χ0n) is 15.0. The first-order chi connectivity index (χ1) is 13.5. The quantitative estimate of drug-likeness (QED) is 0.557. The topological polar surface area (TPSA) is 64.0 Å². The largest absolute Gasteiger partial charge is 0.320 e. The molecule has 0 saturated carbocycles. The van der Waals surface area contributed by atoms with Gasteiger partial charge in [0.2, 0.25) is 5.43 Å². The van der Waals surface area contributed by atoms with E-state index < -0.39 is 11.3 Å². The molecule has 0 unspecified atom stereocenters. The van der Waals surface area contributed by atoms with Crippen LogP contribution in [0.25, 0.3) is 16.5 Å². The predicted molar refractivity (Wildman–Crippen MR) is 111 cm³/mol. The highest BCUT2D eigenvalue weighted by Gasteiger charge is 2.16. The molecular formula is C22H16ClN3O2. The number of nitrogens with zero attached hydrogens (tertiary/aromatic N) is 2. The van der Waals surface area contributed by atoms with Crippen molar-refractivity contribution in [3.8, 4) is 5.69 Å². The van der Waals surface area contributed by atoms with Crippen LogP contribution in [0.1, 0.15) is 16.2 Å². The summed E-state index contributed by atoms with van der Waals surface area (Å²) in [6.07, 6.45) is 0. The standard InChI is InChI=1S/C22H16ClN3O2/c1-14-13-20(27)21(25-26(14)17-11-9-16(23)10-12-17)22(28)24-19-8-4-6-15-5-2-3-7-18(15)19/h2-13H,1H3,(H,24,28). The van der Waals surface area contributed by atoms with Crippen molar-refractivity contribution >= 4 is 34.0 Å². The smallest absolute Gasteiger partial charge is 0.280 e. The number of benzene rings is 3. The summed E-state index contributed by atoms with van der Waals surface area (Å²) in [7, 11) is 0. The molecule has 138 valence electrons. The molecule has 1 N–H and O–H groups in total. The van der Waals surface area contributed by atoms with E-state index in [1.165, 1.54) is 6.07 Å². The van der Waals surface area contributed by atoms with Gasteiger partial charge in [-0.1, -0.05) is 48.0 Å². The fraction of sp³-hybridized carbons (Fsp3) is 0.0455. The van der Waals surface area contributed by atoms with E-state index in [-0.39, 0.29) is 5.69 Å². The van der Waals surface area contributed by atoms with Gasteiger partial charge in [-0.2, -0.15) is 5.10 Å². The highest BCUT2D eigenvalue weighted by Crippen LogP contribution is 2.23. The number of rotatable bonds is 3. The van der Waals surface area contributed by atoms with Gasteiger partial charge in [0.25, 0.3) is 5.91 Å². The molecule has 3 aromatic carbocycles. The van der Waals surface area contributed by atoms with Crippen molar-refractivity contribution in [3.05, 3.63) is 99.4 Å². The maximum atomic E-state index is 12.8. The Bertz CT molecular complexity index is 1240. The first-order valence-corrected chi connectivity index (χ1v) is 9.07. The molecule has 6 heteroatoms. The van der Waals surface area contributed by atoms with Gasteiger partial charge in [0.1, 0.15) is 0 Å². The van der Waals surface area contributed by atoms with Crippen LogP contribution in [0.3, 0.4) is 0 Å². The van der Waals surface area contributed by atoms with Gasteiger partial charge in [0, 0.05) is 27.9 Å². The average Bonchev–Trinajstić information content (AvgIpc) is 2.69. The van der Waals surface area contributed by atoms with Gasteiger partial charge in [-0.05, 0) is 42.6 Å². The van der Waals surface area contributed by atoms with Crippen molar-refractivity contribution in [3.63, 3.8) is 0 Å². The molecule has 0 aliphatic carbocycles. The lowest BCUT2D eigenvalue weighted by molar-refractivity contribution is 0.101. The first-order valence-electron chi connectivity index (χ1n) is 8.69. The van der Waals surface area contributed by atoms with Crippen LogP contribution in [0.5, 0.6) is 0 Å². The molecule has 0 atom stereocenters. The van der Waals surface area contributed by atoms with E-state index in [0.29, 0.717) is 22.1 Å². The summed E-state index contributed by atoms with van der Waals surface area (Å²) >= 11 is 5.94. The second-order valence-corrected chi connectivity index (χ2v) is 6.80. The van der Waals surface area contributed by atoms with E-state index in [1.807, 2.05) is 36.4 Å². The second-order valence-electron chi connectivity index (χ2n) is 6.37. The van der Waals surface area contributed by atoms with E-state index in [1.54, 1.807) is 41.9 Å². The molecule has 0 aliphatic heterocycles. The van der Waals surface area contributed by atoms with Crippen molar-refractivity contribution in [2.45, 2.75) is 6.92 Å². The Kier molecular flexibility index (Phi) is 4.67. The number of amides is 1. The van der Waals surface area contributed by atoms with E-state index in [9.17, 15) is 9.59 Å². The van der Waals surface area contributed by atoms with Gasteiger partial charge in [-0.15, -0.1) is 0 Å². The molecule has 4 rings (SSSR count). The Morgan fingerprint density at radius 1 is 1.00 bits per heavy atom. The van der Waals surface area contributed by atoms with Crippen molar-refractivity contribution in [1.29, 1.82) is 0 Å². The van der Waals surface area contributed by atoms with Crippen molar-refractivity contribution in [2.75, 3.05) is 5.32 Å². The number of fused-ring (bicyclic) bond motifs is 1. The van der Waals surface area contributed by atoms with Gasteiger partial charge in [0.05, 0.1) is 5.69 Å². The minimum absolute atomic E-state index is 0.173. The number of nitrogens with one attached hydrogen (secondary N) is 1. The molecule has 0 saturated heterocycles. The van der Waals surface area contributed by atoms with Crippen LogP contribution < -0.4 is 10.7 Å². The number of carbonyl (C=O) groups is 1. The first kappa shape index (κ1) is 17.9. The minimum atomic E-state index is -0.552. The lowest BCUT2D eigenvalue weighted by Gasteiger charge is -2.12. The van der Waals surface area contributed by atoms with Gasteiger partial charge in [-0.3, -0.25) is 9.59 Å². The molecule has 1 amide bonds. The highest BCUT2D eigenvalue weighted by molar-refractivity contribution is 6.30. The molecule has 0 bridgehead atoms. The van der Waals surface area contributed by atoms with E-state index >= 15 is 0 Å². The Morgan fingerprint density at radius 2 is 1.71 bits per heavy atom. The zero-order valence-corrected chi connectivity index (χ0v) is 15.8. The third-order valence-electron chi connectivity index (χ3n) is 4.43. The Morgan fingerprint density at radius 3 is 2.50 bits per heavy atom. The van der Waals surface area contributed by atoms with Crippen LogP contribution in [0.2, 0.25) is 5.02 Å². The predicted octanol–water partition coefficient (Wildman–Crippen LogP) is 4.60. The molecule has 1 heterocycles. The summed E-state index contributed by atoms with van der Waals surface area (Å²) in [5.41, 5.74) is 1.35. The third-order valence-corrected chi connectivity index (χ3v) is 4.68. The normalized spacial score (nSPS) is 10.8. The highest BCUT2D eigenvalue weighted by atomic mass is 35.5. The molecule has 0 spiro atoms. The van der Waals surface area contributed by atoms with E-state index in [0.717, 1.165) is 10.8 Å². The summed E-state index contributed by atoms with van der Waals surface area (Å²) in [6, 6.07) is 21.7. The molecule has 1 aromatic heterocycles. The summed E-state index contributed by atoms with van der Waals surface area (Å²) < 4.78 is 1.55. The number of halogens is 1. The average molecular weight is 390 g/mol. The summed E-state index contributed by atoms with van der Waals surface area (Å²) in [6.45, 7) is 1.76. The molecule has 28 heavy (non-hydrogen) atoms. The van der Waals surface area contributed by atoms with Gasteiger partial charge in [0.15, 0.2) is 5.69 Å². The maximum absolute atomic E-state index is 12.8. The molecule has 0 aliphatic rings. The number of hydrogen-bond donors (Lipinski definition) is 1. The lowest BCUT2D eigenvalue weighted by atomic mass is 10.1. The van der Waals surface area contributed by atoms with Crippen molar-refractivity contribution in [1.82, 2.24) is 9.78 Å². The number of anilines is 1. The molecule has 5 nitrogen and oxygen atoms in total. The van der Waals surface area contributed by atoms with Crippen LogP contribution >= 0.6 is 11.6 Å². The van der Waals surface area contributed by atoms with Crippen LogP contribution in [-0.4, -0.2) is 15.7 Å². The van der Waals surface area contributed by atoms with Gasteiger partial charge < -0.3 is 5.32 Å². The summed E-state index contributed by atoms with van der Waals surface area (Å²) in [5, 5.41) is 9.59. The number of carbonyl (C=O) groups excluding carboxylic acids is 1. The number of aryl methyl sites for hydroxylation is 1.